The van der Waals surface area contributed by atoms with Crippen LogP contribution in [0.2, 0.25) is 0 Å². The van der Waals surface area contributed by atoms with Crippen molar-refractivity contribution in [2.45, 2.75) is 56.3 Å². The Balaban J connectivity index is 1.69. The molecule has 6 aliphatic rings. The maximum absolute atomic E-state index is 13.7. The molecular formula is C24H28N2O4. The first-order valence-electron chi connectivity index (χ1n) is 10.9. The Labute approximate surface area is 176 Å². The summed E-state index contributed by atoms with van der Waals surface area (Å²) in [4.78, 5) is 31.0. The van der Waals surface area contributed by atoms with E-state index >= 15 is 0 Å². The van der Waals surface area contributed by atoms with Gasteiger partial charge >= 0.3 is 11.9 Å². The number of piperidine rings is 4. The fourth-order valence-electron chi connectivity index (χ4n) is 8.30. The van der Waals surface area contributed by atoms with Crippen LogP contribution in [0.3, 0.4) is 0 Å². The molecule has 7 rings (SSSR count). The van der Waals surface area contributed by atoms with E-state index in [1.54, 1.807) is 0 Å². The number of nitrogens with zero attached hydrogens (tertiary/aromatic N) is 2. The highest BCUT2D eigenvalue weighted by atomic mass is 16.6. The summed E-state index contributed by atoms with van der Waals surface area (Å²) < 4.78 is 11.7. The molecule has 1 aromatic rings. The Bertz CT molecular complexity index is 1000. The number of likely N-dealkylation sites (N-methyl/N-ethyl adjacent to an activating group) is 1. The number of carbonyl (C=O) groups is 2. The minimum absolute atomic E-state index is 0.0255. The molecule has 8 atom stereocenters. The van der Waals surface area contributed by atoms with Gasteiger partial charge in [0.25, 0.3) is 0 Å². The van der Waals surface area contributed by atoms with Gasteiger partial charge in [0, 0.05) is 44.2 Å². The van der Waals surface area contributed by atoms with E-state index in [4.69, 9.17) is 9.47 Å². The lowest BCUT2D eigenvalue weighted by atomic mass is 9.58. The number of allylic oxidation sites excluding steroid dienone is 1. The van der Waals surface area contributed by atoms with E-state index in [-0.39, 0.29) is 29.9 Å². The van der Waals surface area contributed by atoms with E-state index in [1.807, 2.05) is 0 Å². The molecule has 6 nitrogen and oxygen atoms in total. The molecule has 0 radical (unpaired) electrons. The monoisotopic (exact) mass is 408 g/mol. The molecule has 5 heterocycles. The highest BCUT2D eigenvalue weighted by molar-refractivity contribution is 5.85. The first-order valence-corrected chi connectivity index (χ1v) is 10.9. The van der Waals surface area contributed by atoms with Crippen LogP contribution in [-0.2, 0) is 24.5 Å². The van der Waals surface area contributed by atoms with Gasteiger partial charge in [0.15, 0.2) is 0 Å². The molecule has 4 saturated heterocycles. The highest BCUT2D eigenvalue weighted by Gasteiger charge is 2.84. The van der Waals surface area contributed by atoms with Crippen molar-refractivity contribution >= 4 is 17.6 Å². The van der Waals surface area contributed by atoms with Crippen LogP contribution >= 0.6 is 0 Å². The zero-order valence-corrected chi connectivity index (χ0v) is 17.9. The Hall–Kier alpha value is -2.34. The molecule has 0 amide bonds. The van der Waals surface area contributed by atoms with Crippen molar-refractivity contribution in [2.24, 2.45) is 11.3 Å². The van der Waals surface area contributed by atoms with Crippen LogP contribution in [0.4, 0.5) is 5.69 Å². The van der Waals surface area contributed by atoms with Crippen LogP contribution in [0.25, 0.3) is 0 Å². The van der Waals surface area contributed by atoms with Crippen molar-refractivity contribution in [3.63, 3.8) is 0 Å². The molecule has 5 bridgehead atoms. The van der Waals surface area contributed by atoms with Gasteiger partial charge in [0.1, 0.15) is 11.5 Å². The van der Waals surface area contributed by atoms with Crippen LogP contribution in [0, 0.1) is 11.3 Å². The third-order valence-electron chi connectivity index (χ3n) is 8.97. The number of benzene rings is 1. The SMILES string of the molecule is C/C=C1/CN2C3CC1C1(C(=O)OC)C2C[C@]2(c4ccccc4N(C)C32)C1OC(C)=O. The maximum Gasteiger partial charge on any atom is 0.317 e. The number of ether oxygens (including phenoxy) is 2. The number of fused-ring (bicyclic) bond motifs is 2. The topological polar surface area (TPSA) is 59.1 Å². The number of esters is 2. The second-order valence-corrected chi connectivity index (χ2v) is 9.64. The van der Waals surface area contributed by atoms with Crippen LogP contribution in [-0.4, -0.2) is 61.8 Å². The van der Waals surface area contributed by atoms with Gasteiger partial charge in [0.05, 0.1) is 18.6 Å². The van der Waals surface area contributed by atoms with E-state index in [9.17, 15) is 9.59 Å². The molecule has 5 fully saturated rings. The van der Waals surface area contributed by atoms with Gasteiger partial charge in [-0.25, -0.2) is 0 Å². The Morgan fingerprint density at radius 3 is 2.73 bits per heavy atom. The summed E-state index contributed by atoms with van der Waals surface area (Å²) in [6.07, 6.45) is 3.33. The van der Waals surface area contributed by atoms with E-state index < -0.39 is 16.9 Å². The van der Waals surface area contributed by atoms with Crippen molar-refractivity contribution < 1.29 is 19.1 Å². The van der Waals surface area contributed by atoms with E-state index in [2.05, 4.69) is 54.1 Å². The number of anilines is 1. The molecule has 7 unspecified atom stereocenters. The largest absolute Gasteiger partial charge is 0.468 e. The van der Waals surface area contributed by atoms with E-state index in [1.165, 1.54) is 30.9 Å². The average Bonchev–Trinajstić information content (AvgIpc) is 3.14. The first kappa shape index (κ1) is 18.4. The third-order valence-corrected chi connectivity index (χ3v) is 8.97. The van der Waals surface area contributed by atoms with E-state index in [0.717, 1.165) is 19.4 Å². The number of hydrogen-bond acceptors (Lipinski definition) is 6. The van der Waals surface area contributed by atoms with Crippen molar-refractivity contribution in [3.8, 4) is 0 Å². The van der Waals surface area contributed by atoms with Crippen LogP contribution in [0.5, 0.6) is 0 Å². The fraction of sp³-hybridized carbons (Fsp3) is 0.583. The Kier molecular flexibility index (Phi) is 3.48. The molecule has 1 saturated carbocycles. The van der Waals surface area contributed by atoms with Gasteiger partial charge < -0.3 is 14.4 Å². The lowest BCUT2D eigenvalue weighted by molar-refractivity contribution is -0.187. The second-order valence-electron chi connectivity index (χ2n) is 9.64. The van der Waals surface area contributed by atoms with Crippen molar-refractivity contribution in [1.29, 1.82) is 0 Å². The van der Waals surface area contributed by atoms with Gasteiger partial charge in [-0.15, -0.1) is 0 Å². The molecule has 0 N–H and O–H groups in total. The average molecular weight is 408 g/mol. The van der Waals surface area contributed by atoms with Crippen LogP contribution in [0.15, 0.2) is 35.9 Å². The van der Waals surface area contributed by atoms with Crippen LogP contribution < -0.4 is 4.90 Å². The molecular weight excluding hydrogens is 380 g/mol. The second kappa shape index (κ2) is 5.67. The lowest BCUT2D eigenvalue weighted by Gasteiger charge is -2.61. The molecule has 30 heavy (non-hydrogen) atoms. The third kappa shape index (κ3) is 1.71. The Morgan fingerprint density at radius 2 is 2.03 bits per heavy atom. The summed E-state index contributed by atoms with van der Waals surface area (Å²) in [6, 6.07) is 8.99. The molecule has 5 aliphatic heterocycles. The van der Waals surface area contributed by atoms with Gasteiger partial charge in [-0.1, -0.05) is 29.8 Å². The number of methoxy groups -OCH3 is 1. The van der Waals surface area contributed by atoms with E-state index in [0.29, 0.717) is 6.04 Å². The molecule has 1 aliphatic carbocycles. The molecule has 1 spiro atoms. The predicted molar refractivity (Wildman–Crippen MR) is 111 cm³/mol. The summed E-state index contributed by atoms with van der Waals surface area (Å²) >= 11 is 0. The molecule has 158 valence electrons. The minimum atomic E-state index is -0.857. The number of hydrogen-bond donors (Lipinski definition) is 0. The quantitative estimate of drug-likeness (QED) is 0.553. The number of carbonyl (C=O) groups excluding carboxylic acids is 2. The van der Waals surface area contributed by atoms with Gasteiger partial charge in [0.2, 0.25) is 0 Å². The first-order chi connectivity index (χ1) is 14.4. The molecule has 6 heteroatoms. The maximum atomic E-state index is 13.7. The summed E-state index contributed by atoms with van der Waals surface area (Å²) in [5.74, 6) is -0.506. The molecule has 0 aromatic heterocycles. The van der Waals surface area contributed by atoms with Crippen molar-refractivity contribution in [2.75, 3.05) is 25.6 Å². The van der Waals surface area contributed by atoms with Gasteiger partial charge in [-0.3, -0.25) is 14.5 Å². The van der Waals surface area contributed by atoms with Crippen LogP contribution in [0.1, 0.15) is 32.3 Å². The zero-order chi connectivity index (χ0) is 21.0. The summed E-state index contributed by atoms with van der Waals surface area (Å²) in [5, 5.41) is 0. The van der Waals surface area contributed by atoms with Crippen molar-refractivity contribution in [1.82, 2.24) is 4.90 Å². The fourth-order valence-corrected chi connectivity index (χ4v) is 8.30. The molecule has 1 aromatic carbocycles. The smallest absolute Gasteiger partial charge is 0.317 e. The zero-order valence-electron chi connectivity index (χ0n) is 17.9. The normalized spacial score (nSPS) is 45.5. The van der Waals surface area contributed by atoms with Gasteiger partial charge in [-0.05, 0) is 31.4 Å². The standard InChI is InChI=1S/C24H28N2O4/c1-5-14-12-26-18-10-16(14)24(22(28)29-4)19(26)11-23(21(24)30-13(2)27)15-8-6-7-9-17(15)25(3)20(18)23/h5-9,16,18-21H,10-12H2,1-4H3/b14-5-/t16?,18?,19?,20?,21?,23-,24?/m1/s1. The number of para-hydroxylation sites is 1. The van der Waals surface area contributed by atoms with Crippen molar-refractivity contribution in [3.05, 3.63) is 41.5 Å². The summed E-state index contributed by atoms with van der Waals surface area (Å²) in [6.45, 7) is 4.40. The highest BCUT2D eigenvalue weighted by Crippen LogP contribution is 2.73. The Morgan fingerprint density at radius 1 is 1.27 bits per heavy atom. The lowest BCUT2D eigenvalue weighted by Crippen LogP contribution is -2.71. The summed E-state index contributed by atoms with van der Waals surface area (Å²) in [7, 11) is 3.63. The summed E-state index contributed by atoms with van der Waals surface area (Å²) in [5.41, 5.74) is 2.43. The predicted octanol–water partition coefficient (Wildman–Crippen LogP) is 2.27. The minimum Gasteiger partial charge on any atom is -0.468 e. The van der Waals surface area contributed by atoms with Gasteiger partial charge in [-0.2, -0.15) is 0 Å². The number of rotatable bonds is 2.